The van der Waals surface area contributed by atoms with E-state index in [4.69, 9.17) is 15.7 Å². The Morgan fingerprint density at radius 1 is 1.30 bits per heavy atom. The molecular weight excluding hydrogens is 254 g/mol. The van der Waals surface area contributed by atoms with Crippen molar-refractivity contribution < 1.29 is 9.53 Å². The Morgan fingerprint density at radius 3 is 2.60 bits per heavy atom. The topological polar surface area (TPSA) is 79.3 Å². The first-order chi connectivity index (χ1) is 9.70. The number of hydrogen-bond acceptors (Lipinski definition) is 4. The van der Waals surface area contributed by atoms with Crippen LogP contribution >= 0.6 is 0 Å². The van der Waals surface area contributed by atoms with E-state index >= 15 is 0 Å². The van der Waals surface area contributed by atoms with Crippen molar-refractivity contribution in [2.24, 2.45) is 0 Å². The highest BCUT2D eigenvalue weighted by molar-refractivity contribution is 5.78. The zero-order chi connectivity index (χ0) is 14.4. The summed E-state index contributed by atoms with van der Waals surface area (Å²) >= 11 is 0. The average molecular weight is 273 g/mol. The number of rotatable bonds is 3. The second-order valence-corrected chi connectivity index (χ2v) is 4.95. The van der Waals surface area contributed by atoms with Crippen LogP contribution in [0, 0.1) is 11.3 Å². The number of nitriles is 1. The third-order valence-electron chi connectivity index (χ3n) is 3.45. The van der Waals surface area contributed by atoms with Crippen LogP contribution < -0.4 is 10.5 Å². The van der Waals surface area contributed by atoms with Crippen LogP contribution in [0.15, 0.2) is 18.2 Å². The lowest BCUT2D eigenvalue weighted by atomic mass is 10.2. The first kappa shape index (κ1) is 14.2. The van der Waals surface area contributed by atoms with E-state index in [1.807, 2.05) is 11.0 Å². The largest absolute Gasteiger partial charge is 0.482 e. The minimum atomic E-state index is -0.00402. The van der Waals surface area contributed by atoms with Gasteiger partial charge in [0.15, 0.2) is 6.61 Å². The van der Waals surface area contributed by atoms with Gasteiger partial charge in [0.2, 0.25) is 0 Å². The molecular formula is C15H19N3O2. The molecule has 1 aliphatic heterocycles. The van der Waals surface area contributed by atoms with Crippen molar-refractivity contribution in [2.75, 3.05) is 25.4 Å². The highest BCUT2D eigenvalue weighted by Gasteiger charge is 2.16. The third-order valence-corrected chi connectivity index (χ3v) is 3.45. The number of carbonyl (C=O) groups is 1. The van der Waals surface area contributed by atoms with Crippen LogP contribution in [-0.4, -0.2) is 30.5 Å². The molecule has 0 atom stereocenters. The fourth-order valence-corrected chi connectivity index (χ4v) is 2.30. The highest BCUT2D eigenvalue weighted by Crippen LogP contribution is 2.22. The number of hydrogen-bond donors (Lipinski definition) is 1. The van der Waals surface area contributed by atoms with E-state index in [0.29, 0.717) is 17.0 Å². The summed E-state index contributed by atoms with van der Waals surface area (Å²) in [7, 11) is 0. The zero-order valence-electron chi connectivity index (χ0n) is 11.5. The van der Waals surface area contributed by atoms with Crippen molar-refractivity contribution in [1.29, 1.82) is 5.26 Å². The summed E-state index contributed by atoms with van der Waals surface area (Å²) in [6.45, 7) is 1.62. The van der Waals surface area contributed by atoms with Crippen molar-refractivity contribution in [2.45, 2.75) is 25.7 Å². The van der Waals surface area contributed by atoms with Gasteiger partial charge in [0.05, 0.1) is 17.3 Å². The molecule has 1 fully saturated rings. The van der Waals surface area contributed by atoms with Gasteiger partial charge >= 0.3 is 0 Å². The van der Waals surface area contributed by atoms with Crippen LogP contribution in [-0.2, 0) is 4.79 Å². The van der Waals surface area contributed by atoms with Crippen LogP contribution in [0.2, 0.25) is 0 Å². The van der Waals surface area contributed by atoms with E-state index in [-0.39, 0.29) is 12.5 Å². The van der Waals surface area contributed by atoms with Gasteiger partial charge < -0.3 is 15.4 Å². The molecule has 1 aromatic carbocycles. The molecule has 0 unspecified atom stereocenters. The van der Waals surface area contributed by atoms with Crippen molar-refractivity contribution in [1.82, 2.24) is 4.90 Å². The number of ether oxygens (including phenoxy) is 1. The van der Waals surface area contributed by atoms with Gasteiger partial charge in [-0.25, -0.2) is 0 Å². The molecule has 1 saturated heterocycles. The minimum Gasteiger partial charge on any atom is -0.482 e. The zero-order valence-corrected chi connectivity index (χ0v) is 11.5. The van der Waals surface area contributed by atoms with Gasteiger partial charge in [-0.2, -0.15) is 5.26 Å². The molecule has 0 aromatic heterocycles. The lowest BCUT2D eigenvalue weighted by Gasteiger charge is -2.20. The average Bonchev–Trinajstić information content (AvgIpc) is 2.74. The third kappa shape index (κ3) is 3.64. The van der Waals surface area contributed by atoms with Gasteiger partial charge in [0.1, 0.15) is 5.75 Å². The fourth-order valence-electron chi connectivity index (χ4n) is 2.30. The second kappa shape index (κ2) is 6.80. The molecule has 1 aromatic rings. The predicted molar refractivity (Wildman–Crippen MR) is 76.1 cm³/mol. The van der Waals surface area contributed by atoms with Crippen molar-refractivity contribution in [3.05, 3.63) is 23.8 Å². The molecule has 2 rings (SSSR count). The SMILES string of the molecule is N#Cc1ccc(OCC(=O)N2CCCCCC2)c(N)c1. The van der Waals surface area contributed by atoms with Crippen molar-refractivity contribution >= 4 is 11.6 Å². The summed E-state index contributed by atoms with van der Waals surface area (Å²) in [4.78, 5) is 13.9. The number of nitrogens with zero attached hydrogens (tertiary/aromatic N) is 2. The number of likely N-dealkylation sites (tertiary alicyclic amines) is 1. The maximum atomic E-state index is 12.1. The van der Waals surface area contributed by atoms with E-state index in [1.54, 1.807) is 18.2 Å². The number of anilines is 1. The smallest absolute Gasteiger partial charge is 0.260 e. The standard InChI is InChI=1S/C15H19N3O2/c16-10-12-5-6-14(13(17)9-12)20-11-15(19)18-7-3-1-2-4-8-18/h5-6,9H,1-4,7-8,11,17H2. The minimum absolute atomic E-state index is 0.00387. The van der Waals surface area contributed by atoms with Crippen LogP contribution in [0.25, 0.3) is 0 Å². The van der Waals surface area contributed by atoms with E-state index in [1.165, 1.54) is 12.8 Å². The summed E-state index contributed by atoms with van der Waals surface area (Å²) in [6.07, 6.45) is 4.50. The Morgan fingerprint density at radius 2 is 2.00 bits per heavy atom. The summed E-state index contributed by atoms with van der Waals surface area (Å²) in [5.74, 6) is 0.447. The van der Waals surface area contributed by atoms with Crippen LogP contribution in [0.5, 0.6) is 5.75 Å². The van der Waals surface area contributed by atoms with Crippen LogP contribution in [0.4, 0.5) is 5.69 Å². The van der Waals surface area contributed by atoms with Gasteiger partial charge in [-0.3, -0.25) is 4.79 Å². The Hall–Kier alpha value is -2.22. The molecule has 5 heteroatoms. The molecule has 0 aliphatic carbocycles. The lowest BCUT2D eigenvalue weighted by Crippen LogP contribution is -2.35. The molecule has 0 saturated carbocycles. The quantitative estimate of drug-likeness (QED) is 0.853. The van der Waals surface area contributed by atoms with Crippen molar-refractivity contribution in [3.8, 4) is 11.8 Å². The highest BCUT2D eigenvalue weighted by atomic mass is 16.5. The maximum Gasteiger partial charge on any atom is 0.260 e. The molecule has 2 N–H and O–H groups in total. The molecule has 0 spiro atoms. The number of benzene rings is 1. The Labute approximate surface area is 118 Å². The first-order valence-electron chi connectivity index (χ1n) is 6.91. The summed E-state index contributed by atoms with van der Waals surface area (Å²) < 4.78 is 5.47. The van der Waals surface area contributed by atoms with E-state index < -0.39 is 0 Å². The summed E-state index contributed by atoms with van der Waals surface area (Å²) in [5.41, 5.74) is 6.65. The van der Waals surface area contributed by atoms with Gasteiger partial charge in [-0.05, 0) is 31.0 Å². The maximum absolute atomic E-state index is 12.1. The fraction of sp³-hybridized carbons (Fsp3) is 0.467. The van der Waals surface area contributed by atoms with Gasteiger partial charge in [0, 0.05) is 13.1 Å². The van der Waals surface area contributed by atoms with E-state index in [9.17, 15) is 4.79 Å². The summed E-state index contributed by atoms with van der Waals surface area (Å²) in [6, 6.07) is 6.81. The normalized spacial score (nSPS) is 15.2. The molecule has 0 bridgehead atoms. The van der Waals surface area contributed by atoms with E-state index in [0.717, 1.165) is 25.9 Å². The van der Waals surface area contributed by atoms with Gasteiger partial charge in [-0.1, -0.05) is 12.8 Å². The lowest BCUT2D eigenvalue weighted by molar-refractivity contribution is -0.133. The molecule has 1 amide bonds. The Bertz CT molecular complexity index is 514. The number of nitrogens with two attached hydrogens (primary N) is 1. The molecule has 1 heterocycles. The van der Waals surface area contributed by atoms with Gasteiger partial charge in [0.25, 0.3) is 5.91 Å². The number of amides is 1. The molecule has 5 nitrogen and oxygen atoms in total. The predicted octanol–water partition coefficient (Wildman–Crippen LogP) is 1.92. The molecule has 106 valence electrons. The number of carbonyl (C=O) groups excluding carboxylic acids is 1. The van der Waals surface area contributed by atoms with Crippen LogP contribution in [0.1, 0.15) is 31.2 Å². The monoisotopic (exact) mass is 273 g/mol. The first-order valence-corrected chi connectivity index (χ1v) is 6.91. The summed E-state index contributed by atoms with van der Waals surface area (Å²) in [5, 5.41) is 8.76. The molecule has 20 heavy (non-hydrogen) atoms. The number of nitrogen functional groups attached to an aromatic ring is 1. The Balaban J connectivity index is 1.91. The second-order valence-electron chi connectivity index (χ2n) is 4.95. The van der Waals surface area contributed by atoms with Gasteiger partial charge in [-0.15, -0.1) is 0 Å². The Kier molecular flexibility index (Phi) is 4.83. The van der Waals surface area contributed by atoms with Crippen molar-refractivity contribution in [3.63, 3.8) is 0 Å². The van der Waals surface area contributed by atoms with E-state index in [2.05, 4.69) is 0 Å². The van der Waals surface area contributed by atoms with Crippen LogP contribution in [0.3, 0.4) is 0 Å². The molecule has 0 radical (unpaired) electrons. The molecule has 1 aliphatic rings.